The van der Waals surface area contributed by atoms with Crippen molar-refractivity contribution < 1.29 is 26.7 Å². The Morgan fingerprint density at radius 3 is 1.94 bits per heavy atom. The lowest BCUT2D eigenvalue weighted by molar-refractivity contribution is 0.249. The van der Waals surface area contributed by atoms with Crippen LogP contribution in [-0.2, 0) is 26.5 Å². The number of hydrogen-bond acceptors (Lipinski definition) is 7. The number of carbonyl (C=O) groups excluding carboxylic acids is 1. The number of primary amides is 1. The highest BCUT2D eigenvalue weighted by atomic mass is 32.2. The Morgan fingerprint density at radius 2 is 1.48 bits per heavy atom. The molecule has 0 fully saturated rings. The van der Waals surface area contributed by atoms with Crippen molar-refractivity contribution in [3.8, 4) is 0 Å². The van der Waals surface area contributed by atoms with Crippen LogP contribution in [0.5, 0.6) is 0 Å². The van der Waals surface area contributed by atoms with E-state index < -0.39 is 26.1 Å². The number of aliphatic hydroxyl groups excluding tert-OH is 1. The number of benzene rings is 2. The fraction of sp³-hybridized carbons (Fsp3) is 0.300. The number of urea groups is 1. The number of hydrogen-bond donors (Lipinski definition) is 5. The Hall–Kier alpha value is -2.84. The zero-order chi connectivity index (χ0) is 24.2. The molecule has 33 heavy (non-hydrogen) atoms. The van der Waals surface area contributed by atoms with Crippen molar-refractivity contribution in [2.75, 3.05) is 19.7 Å². The van der Waals surface area contributed by atoms with Gasteiger partial charge in [0.25, 0.3) is 0 Å². The van der Waals surface area contributed by atoms with Crippen LogP contribution in [0.4, 0.5) is 4.79 Å². The van der Waals surface area contributed by atoms with Crippen molar-refractivity contribution in [3.05, 3.63) is 58.7 Å². The van der Waals surface area contributed by atoms with Crippen molar-refractivity contribution >= 4 is 31.8 Å². The number of amides is 2. The van der Waals surface area contributed by atoms with E-state index in [1.165, 1.54) is 24.3 Å². The Labute approximate surface area is 192 Å². The van der Waals surface area contributed by atoms with Crippen molar-refractivity contribution in [2.45, 2.75) is 29.6 Å². The van der Waals surface area contributed by atoms with Crippen molar-refractivity contribution in [3.63, 3.8) is 0 Å². The second-order valence-corrected chi connectivity index (χ2v) is 10.8. The maximum absolute atomic E-state index is 12.6. The number of sulfonamides is 2. The molecule has 178 valence electrons. The monoisotopic (exact) mass is 495 g/mol. The molecule has 0 spiro atoms. The number of rotatable bonds is 9. The van der Waals surface area contributed by atoms with Crippen molar-refractivity contribution in [1.29, 1.82) is 0 Å². The van der Waals surface area contributed by atoms with Crippen molar-refractivity contribution in [2.24, 2.45) is 10.8 Å². The van der Waals surface area contributed by atoms with E-state index in [0.29, 0.717) is 24.0 Å². The fourth-order valence-corrected chi connectivity index (χ4v) is 5.57. The molecule has 2 aromatic carbocycles. The van der Waals surface area contributed by atoms with Crippen LogP contribution in [0.3, 0.4) is 0 Å². The van der Waals surface area contributed by atoms with Gasteiger partial charge < -0.3 is 10.8 Å². The Morgan fingerprint density at radius 1 is 0.970 bits per heavy atom. The summed E-state index contributed by atoms with van der Waals surface area (Å²) in [6.45, 7) is 1.59. The first kappa shape index (κ1) is 24.8. The molecular weight excluding hydrogens is 470 g/mol. The molecule has 6 N–H and O–H groups in total. The van der Waals surface area contributed by atoms with Crippen LogP contribution in [-0.4, -0.2) is 53.4 Å². The molecule has 0 radical (unpaired) electrons. The van der Waals surface area contributed by atoms with Crippen LogP contribution in [0.2, 0.25) is 0 Å². The van der Waals surface area contributed by atoms with E-state index in [2.05, 4.69) is 20.0 Å². The number of hydrazone groups is 1. The van der Waals surface area contributed by atoms with E-state index in [4.69, 9.17) is 10.8 Å². The van der Waals surface area contributed by atoms with Crippen LogP contribution in [0, 0.1) is 0 Å². The molecule has 2 aromatic rings. The Bertz CT molecular complexity index is 1220. The predicted octanol–water partition coefficient (Wildman–Crippen LogP) is -0.0296. The van der Waals surface area contributed by atoms with Gasteiger partial charge in [0.05, 0.1) is 22.1 Å². The van der Waals surface area contributed by atoms with Crippen LogP contribution in [0.25, 0.3) is 0 Å². The highest BCUT2D eigenvalue weighted by Crippen LogP contribution is 2.31. The molecule has 0 aliphatic heterocycles. The fourth-order valence-electron chi connectivity index (χ4n) is 3.36. The average Bonchev–Trinajstić information content (AvgIpc) is 2.78. The molecule has 11 nitrogen and oxygen atoms in total. The van der Waals surface area contributed by atoms with Crippen LogP contribution < -0.4 is 20.6 Å². The van der Waals surface area contributed by atoms with Crippen LogP contribution in [0.1, 0.15) is 35.6 Å². The van der Waals surface area contributed by atoms with E-state index in [-0.39, 0.29) is 35.2 Å². The van der Waals surface area contributed by atoms with Gasteiger partial charge in [-0.1, -0.05) is 19.1 Å². The normalized spacial score (nSPS) is 14.5. The molecule has 0 saturated carbocycles. The molecule has 1 aliphatic carbocycles. The first-order chi connectivity index (χ1) is 15.6. The van der Waals surface area contributed by atoms with Gasteiger partial charge in [0, 0.05) is 24.2 Å². The van der Waals surface area contributed by atoms with Gasteiger partial charge in [-0.05, 0) is 48.2 Å². The summed E-state index contributed by atoms with van der Waals surface area (Å²) >= 11 is 0. The summed E-state index contributed by atoms with van der Waals surface area (Å²) in [5, 5.41) is 13.0. The van der Waals surface area contributed by atoms with Crippen LogP contribution >= 0.6 is 0 Å². The second kappa shape index (κ2) is 9.97. The number of fused-ring (bicyclic) bond motifs is 2. The summed E-state index contributed by atoms with van der Waals surface area (Å²) < 4.78 is 55.1. The lowest BCUT2D eigenvalue weighted by Crippen LogP contribution is -2.29. The van der Waals surface area contributed by atoms with E-state index in [0.717, 1.165) is 11.1 Å². The number of carbonyl (C=O) groups is 1. The van der Waals surface area contributed by atoms with Gasteiger partial charge in [0.2, 0.25) is 20.0 Å². The van der Waals surface area contributed by atoms with Gasteiger partial charge in [-0.15, -0.1) is 0 Å². The third-order valence-corrected chi connectivity index (χ3v) is 7.82. The molecule has 0 bridgehead atoms. The molecule has 0 aromatic heterocycles. The van der Waals surface area contributed by atoms with E-state index >= 15 is 0 Å². The lowest BCUT2D eigenvalue weighted by atomic mass is 9.84. The first-order valence-corrected chi connectivity index (χ1v) is 13.1. The molecule has 1 aliphatic rings. The van der Waals surface area contributed by atoms with Gasteiger partial charge in [-0.3, -0.25) is 0 Å². The number of nitrogens with zero attached hydrogens (tertiary/aromatic N) is 1. The summed E-state index contributed by atoms with van der Waals surface area (Å²) in [4.78, 5) is 11.3. The lowest BCUT2D eigenvalue weighted by Gasteiger charge is -2.23. The molecule has 2 amide bonds. The first-order valence-electron chi connectivity index (χ1n) is 10.1. The van der Waals surface area contributed by atoms with Gasteiger partial charge in [0.1, 0.15) is 0 Å². The topological polar surface area (TPSA) is 180 Å². The minimum Gasteiger partial charge on any atom is -0.395 e. The Kier molecular flexibility index (Phi) is 7.49. The minimum absolute atomic E-state index is 0.0123. The zero-order valence-corrected chi connectivity index (χ0v) is 19.5. The van der Waals surface area contributed by atoms with Gasteiger partial charge in [0.15, 0.2) is 0 Å². The smallest absolute Gasteiger partial charge is 0.332 e. The van der Waals surface area contributed by atoms with Crippen LogP contribution in [0.15, 0.2) is 51.3 Å². The molecule has 0 saturated heterocycles. The molecular formula is C20H25N5O6S2. The van der Waals surface area contributed by atoms with Gasteiger partial charge in [-0.2, -0.15) is 5.10 Å². The zero-order valence-electron chi connectivity index (χ0n) is 17.8. The number of nitrogens with one attached hydrogen (secondary N) is 3. The minimum atomic E-state index is -3.91. The molecule has 0 heterocycles. The van der Waals surface area contributed by atoms with E-state index in [1.54, 1.807) is 12.1 Å². The summed E-state index contributed by atoms with van der Waals surface area (Å²) in [7, 11) is -7.69. The van der Waals surface area contributed by atoms with Gasteiger partial charge >= 0.3 is 6.03 Å². The summed E-state index contributed by atoms with van der Waals surface area (Å²) in [5.41, 5.74) is 9.79. The standard InChI is InChI=1S/C20H25N5O6S2/c1-2-7-22-32(28,29)15-5-3-13-10-14-4-6-16(33(30,31)23-8-9-26)12-18(14)19(17(13)11-15)24-25-20(21)27/h3-6,11-12,22-23,26H,2,7-10H2,1H3,(H3,21,25,27)/b24-19-. The maximum Gasteiger partial charge on any atom is 0.332 e. The van der Waals surface area contributed by atoms with Gasteiger partial charge in [-0.25, -0.2) is 36.5 Å². The summed E-state index contributed by atoms with van der Waals surface area (Å²) in [6, 6.07) is 8.08. The average molecular weight is 496 g/mol. The molecule has 3 rings (SSSR count). The van der Waals surface area contributed by atoms with E-state index in [9.17, 15) is 21.6 Å². The Balaban J connectivity index is 2.14. The quantitative estimate of drug-likeness (QED) is 0.260. The second-order valence-electron chi connectivity index (χ2n) is 7.27. The third kappa shape index (κ3) is 5.57. The highest BCUT2D eigenvalue weighted by molar-refractivity contribution is 7.89. The van der Waals surface area contributed by atoms with Crippen molar-refractivity contribution in [1.82, 2.24) is 14.9 Å². The molecule has 0 atom stereocenters. The molecule has 13 heteroatoms. The maximum atomic E-state index is 12.6. The molecule has 0 unspecified atom stereocenters. The third-order valence-electron chi connectivity index (χ3n) is 4.90. The predicted molar refractivity (Wildman–Crippen MR) is 122 cm³/mol. The summed E-state index contributed by atoms with van der Waals surface area (Å²) in [6.07, 6.45) is 1.02. The van der Waals surface area contributed by atoms with E-state index in [1.807, 2.05) is 6.92 Å². The number of aliphatic hydroxyl groups is 1. The summed E-state index contributed by atoms with van der Waals surface area (Å²) in [5.74, 6) is 0. The SMILES string of the molecule is CCCNS(=O)(=O)c1ccc2c(c1)/C(=N/NC(N)=O)c1cc(S(=O)(=O)NCCO)ccc1C2. The number of nitrogens with two attached hydrogens (primary N) is 1. The largest absolute Gasteiger partial charge is 0.395 e. The highest BCUT2D eigenvalue weighted by Gasteiger charge is 2.27.